The minimum absolute atomic E-state index is 0.0474. The molecule has 2 rings (SSSR count). The summed E-state index contributed by atoms with van der Waals surface area (Å²) in [6, 6.07) is 9.44. The minimum Gasteiger partial charge on any atom is -0.339 e. The molecule has 1 heterocycles. The van der Waals surface area contributed by atoms with Crippen molar-refractivity contribution in [3.8, 4) is 0 Å². The van der Waals surface area contributed by atoms with Crippen LogP contribution in [0.1, 0.15) is 23.7 Å². The van der Waals surface area contributed by atoms with Gasteiger partial charge in [-0.05, 0) is 31.5 Å². The van der Waals surface area contributed by atoms with Crippen molar-refractivity contribution in [3.05, 3.63) is 42.1 Å². The van der Waals surface area contributed by atoms with E-state index in [1.165, 1.54) is 0 Å². The summed E-state index contributed by atoms with van der Waals surface area (Å²) in [5.74, 6) is 0.618. The molecule has 0 aliphatic rings. The average Bonchev–Trinajstić information content (AvgIpc) is 2.47. The van der Waals surface area contributed by atoms with Gasteiger partial charge in [0.25, 0.3) is 5.91 Å². The van der Waals surface area contributed by atoms with Gasteiger partial charge < -0.3 is 4.90 Å². The Labute approximate surface area is 118 Å². The average molecular weight is 277 g/mol. The third kappa shape index (κ3) is 3.04. The second-order valence-corrected chi connectivity index (χ2v) is 4.68. The van der Waals surface area contributed by atoms with Crippen LogP contribution in [0.25, 0.3) is 10.9 Å². The van der Waals surface area contributed by atoms with Gasteiger partial charge in [0, 0.05) is 36.1 Å². The molecule has 0 radical (unpaired) electrons. The van der Waals surface area contributed by atoms with Crippen LogP contribution in [-0.2, 0) is 0 Å². The zero-order chi connectivity index (χ0) is 13.7. The lowest BCUT2D eigenvalue weighted by Crippen LogP contribution is -2.32. The first-order valence-corrected chi connectivity index (χ1v) is 7.00. The first-order chi connectivity index (χ1) is 9.27. The van der Waals surface area contributed by atoms with Crippen LogP contribution in [0, 0.1) is 0 Å². The number of fused-ring (bicyclic) bond motifs is 1. The van der Waals surface area contributed by atoms with Gasteiger partial charge in [-0.1, -0.05) is 12.1 Å². The number of alkyl halides is 1. The molecule has 0 saturated heterocycles. The summed E-state index contributed by atoms with van der Waals surface area (Å²) in [5, 5.41) is 0.902. The summed E-state index contributed by atoms with van der Waals surface area (Å²) in [4.78, 5) is 18.7. The third-order valence-corrected chi connectivity index (χ3v) is 3.37. The number of amides is 1. The van der Waals surface area contributed by atoms with E-state index >= 15 is 0 Å². The lowest BCUT2D eigenvalue weighted by atomic mass is 10.1. The second kappa shape index (κ2) is 6.53. The topological polar surface area (TPSA) is 33.2 Å². The molecule has 0 spiro atoms. The molecule has 0 aliphatic heterocycles. The molecule has 0 unspecified atom stereocenters. The standard InChI is InChI=1S/C15H17ClN2O/c1-2-18(11-5-9-16)15(19)13-6-3-8-14-12(13)7-4-10-17-14/h3-4,6-8,10H,2,5,9,11H2,1H3. The summed E-state index contributed by atoms with van der Waals surface area (Å²) >= 11 is 5.70. The van der Waals surface area contributed by atoms with E-state index in [4.69, 9.17) is 11.6 Å². The Morgan fingerprint density at radius 2 is 2.16 bits per heavy atom. The van der Waals surface area contributed by atoms with Gasteiger partial charge in [0.2, 0.25) is 0 Å². The van der Waals surface area contributed by atoms with Crippen molar-refractivity contribution in [3.63, 3.8) is 0 Å². The number of benzene rings is 1. The quantitative estimate of drug-likeness (QED) is 0.785. The second-order valence-electron chi connectivity index (χ2n) is 4.30. The van der Waals surface area contributed by atoms with Crippen molar-refractivity contribution < 1.29 is 4.79 Å². The van der Waals surface area contributed by atoms with E-state index in [9.17, 15) is 4.79 Å². The van der Waals surface area contributed by atoms with Crippen molar-refractivity contribution in [2.75, 3.05) is 19.0 Å². The van der Waals surface area contributed by atoms with Gasteiger partial charge in [0.05, 0.1) is 5.52 Å². The Balaban J connectivity index is 2.35. The zero-order valence-corrected chi connectivity index (χ0v) is 11.7. The Hall–Kier alpha value is -1.61. The van der Waals surface area contributed by atoms with E-state index in [1.807, 2.05) is 42.2 Å². The van der Waals surface area contributed by atoms with Crippen LogP contribution in [0.15, 0.2) is 36.5 Å². The summed E-state index contributed by atoms with van der Waals surface area (Å²) in [7, 11) is 0. The monoisotopic (exact) mass is 276 g/mol. The lowest BCUT2D eigenvalue weighted by Gasteiger charge is -2.21. The SMILES string of the molecule is CCN(CCCCl)C(=O)c1cccc2ncccc12. The molecule has 0 fully saturated rings. The van der Waals surface area contributed by atoms with E-state index in [2.05, 4.69) is 4.98 Å². The van der Waals surface area contributed by atoms with Crippen LogP contribution in [0.5, 0.6) is 0 Å². The van der Waals surface area contributed by atoms with Crippen molar-refractivity contribution >= 4 is 28.4 Å². The maximum Gasteiger partial charge on any atom is 0.254 e. The lowest BCUT2D eigenvalue weighted by molar-refractivity contribution is 0.0767. The highest BCUT2D eigenvalue weighted by molar-refractivity contribution is 6.17. The van der Waals surface area contributed by atoms with Crippen LogP contribution in [0.4, 0.5) is 0 Å². The third-order valence-electron chi connectivity index (χ3n) is 3.11. The van der Waals surface area contributed by atoms with Gasteiger partial charge in [-0.3, -0.25) is 9.78 Å². The maximum atomic E-state index is 12.6. The molecule has 0 saturated carbocycles. The predicted molar refractivity (Wildman–Crippen MR) is 78.7 cm³/mol. The van der Waals surface area contributed by atoms with E-state index in [1.54, 1.807) is 6.20 Å². The van der Waals surface area contributed by atoms with Crippen LogP contribution in [0.3, 0.4) is 0 Å². The fourth-order valence-corrected chi connectivity index (χ4v) is 2.23. The normalized spacial score (nSPS) is 10.6. The predicted octanol–water partition coefficient (Wildman–Crippen LogP) is 3.33. The van der Waals surface area contributed by atoms with Gasteiger partial charge in [0.1, 0.15) is 0 Å². The van der Waals surface area contributed by atoms with Crippen LogP contribution >= 0.6 is 11.6 Å². The highest BCUT2D eigenvalue weighted by atomic mass is 35.5. The molecule has 100 valence electrons. The van der Waals surface area contributed by atoms with Crippen LogP contribution in [0.2, 0.25) is 0 Å². The van der Waals surface area contributed by atoms with E-state index < -0.39 is 0 Å². The Morgan fingerprint density at radius 3 is 2.89 bits per heavy atom. The van der Waals surface area contributed by atoms with E-state index in [0.717, 1.165) is 17.3 Å². The van der Waals surface area contributed by atoms with Crippen molar-refractivity contribution in [1.29, 1.82) is 0 Å². The number of nitrogens with zero attached hydrogens (tertiary/aromatic N) is 2. The number of pyridine rings is 1. The van der Waals surface area contributed by atoms with Crippen LogP contribution < -0.4 is 0 Å². The summed E-state index contributed by atoms with van der Waals surface area (Å²) in [6.45, 7) is 3.36. The largest absolute Gasteiger partial charge is 0.339 e. The molecule has 1 aromatic carbocycles. The first kappa shape index (κ1) is 13.8. The highest BCUT2D eigenvalue weighted by Gasteiger charge is 2.16. The van der Waals surface area contributed by atoms with Gasteiger partial charge in [-0.25, -0.2) is 0 Å². The van der Waals surface area contributed by atoms with Crippen molar-refractivity contribution in [1.82, 2.24) is 9.88 Å². The van der Waals surface area contributed by atoms with Gasteiger partial charge >= 0.3 is 0 Å². The Morgan fingerprint density at radius 1 is 1.32 bits per heavy atom. The molecule has 1 aromatic heterocycles. The van der Waals surface area contributed by atoms with E-state index in [-0.39, 0.29) is 5.91 Å². The summed E-state index contributed by atoms with van der Waals surface area (Å²) in [5.41, 5.74) is 1.56. The fourth-order valence-electron chi connectivity index (χ4n) is 2.11. The summed E-state index contributed by atoms with van der Waals surface area (Å²) in [6.07, 6.45) is 2.55. The number of rotatable bonds is 5. The molecule has 4 heteroatoms. The van der Waals surface area contributed by atoms with Crippen molar-refractivity contribution in [2.24, 2.45) is 0 Å². The van der Waals surface area contributed by atoms with Gasteiger partial charge in [-0.2, -0.15) is 0 Å². The molecule has 0 atom stereocenters. The summed E-state index contributed by atoms with van der Waals surface area (Å²) < 4.78 is 0. The molecule has 0 bridgehead atoms. The molecule has 19 heavy (non-hydrogen) atoms. The maximum absolute atomic E-state index is 12.6. The molecule has 3 nitrogen and oxygen atoms in total. The number of carbonyl (C=O) groups is 1. The number of hydrogen-bond acceptors (Lipinski definition) is 2. The number of carbonyl (C=O) groups excluding carboxylic acids is 1. The smallest absolute Gasteiger partial charge is 0.254 e. The van der Waals surface area contributed by atoms with Gasteiger partial charge in [0.15, 0.2) is 0 Å². The minimum atomic E-state index is 0.0474. The van der Waals surface area contributed by atoms with Crippen molar-refractivity contribution in [2.45, 2.75) is 13.3 Å². The molecule has 0 aliphatic carbocycles. The molecule has 0 N–H and O–H groups in total. The Bertz CT molecular complexity index is 566. The highest BCUT2D eigenvalue weighted by Crippen LogP contribution is 2.18. The van der Waals surface area contributed by atoms with Crippen LogP contribution in [-0.4, -0.2) is 34.8 Å². The number of halogens is 1. The molecule has 1 amide bonds. The number of hydrogen-bond donors (Lipinski definition) is 0. The van der Waals surface area contributed by atoms with E-state index in [0.29, 0.717) is 24.5 Å². The fraction of sp³-hybridized carbons (Fsp3) is 0.333. The Kier molecular flexibility index (Phi) is 4.74. The molecule has 2 aromatic rings. The molecular formula is C15H17ClN2O. The number of aromatic nitrogens is 1. The molecular weight excluding hydrogens is 260 g/mol. The first-order valence-electron chi connectivity index (χ1n) is 6.47. The zero-order valence-electron chi connectivity index (χ0n) is 11.0. The van der Waals surface area contributed by atoms with Gasteiger partial charge in [-0.15, -0.1) is 11.6 Å².